The average molecular weight is 297 g/mol. The molecule has 4 nitrogen and oxygen atoms in total. The van der Waals surface area contributed by atoms with Gasteiger partial charge in [-0.1, -0.05) is 18.2 Å². The largest absolute Gasteiger partial charge is 0.496 e. The van der Waals surface area contributed by atoms with Gasteiger partial charge in [-0.3, -0.25) is 4.79 Å². The molecule has 2 aromatic carbocycles. The highest BCUT2D eigenvalue weighted by Gasteiger charge is 2.27. The van der Waals surface area contributed by atoms with E-state index in [1.54, 1.807) is 20.3 Å². The van der Waals surface area contributed by atoms with Crippen LogP contribution in [0.5, 0.6) is 11.5 Å². The van der Waals surface area contributed by atoms with Gasteiger partial charge in [0, 0.05) is 12.2 Å². The fraction of sp³-hybridized carbons (Fsp3) is 0.278. The zero-order valence-corrected chi connectivity index (χ0v) is 13.1. The SMILES string of the molecule is COc1cc(C(=O)N2CCc3ccccc32)c(OC)cc1C. The first-order valence-corrected chi connectivity index (χ1v) is 7.28. The van der Waals surface area contributed by atoms with E-state index in [0.717, 1.165) is 17.7 Å². The van der Waals surface area contributed by atoms with Crippen molar-refractivity contribution < 1.29 is 14.3 Å². The molecule has 0 aromatic heterocycles. The monoisotopic (exact) mass is 297 g/mol. The van der Waals surface area contributed by atoms with Crippen LogP contribution in [-0.4, -0.2) is 26.7 Å². The molecule has 1 heterocycles. The lowest BCUT2D eigenvalue weighted by Crippen LogP contribution is -2.29. The summed E-state index contributed by atoms with van der Waals surface area (Å²) in [6.45, 7) is 2.62. The Hall–Kier alpha value is -2.49. The number of para-hydroxylation sites is 1. The molecule has 0 aliphatic carbocycles. The fourth-order valence-electron chi connectivity index (χ4n) is 2.91. The molecular weight excluding hydrogens is 278 g/mol. The third kappa shape index (κ3) is 2.30. The van der Waals surface area contributed by atoms with Crippen LogP contribution in [0.3, 0.4) is 0 Å². The smallest absolute Gasteiger partial charge is 0.262 e. The van der Waals surface area contributed by atoms with Crippen molar-refractivity contribution in [3.63, 3.8) is 0 Å². The van der Waals surface area contributed by atoms with Gasteiger partial charge in [0.05, 0.1) is 19.8 Å². The Balaban J connectivity index is 2.03. The average Bonchev–Trinajstić information content (AvgIpc) is 2.98. The maximum atomic E-state index is 13.0. The molecule has 0 spiro atoms. The number of ether oxygens (including phenoxy) is 2. The third-order valence-corrected chi connectivity index (χ3v) is 4.08. The predicted octanol–water partition coefficient (Wildman–Crippen LogP) is 3.22. The van der Waals surface area contributed by atoms with Crippen molar-refractivity contribution in [1.29, 1.82) is 0 Å². The number of carbonyl (C=O) groups is 1. The van der Waals surface area contributed by atoms with Crippen molar-refractivity contribution in [1.82, 2.24) is 0 Å². The Morgan fingerprint density at radius 2 is 1.82 bits per heavy atom. The molecule has 0 saturated carbocycles. The molecule has 114 valence electrons. The van der Waals surface area contributed by atoms with Crippen LogP contribution in [0, 0.1) is 6.92 Å². The number of anilines is 1. The van der Waals surface area contributed by atoms with Crippen LogP contribution in [0.4, 0.5) is 5.69 Å². The summed E-state index contributed by atoms with van der Waals surface area (Å²) in [7, 11) is 3.18. The molecule has 0 N–H and O–H groups in total. The number of carbonyl (C=O) groups excluding carboxylic acids is 1. The zero-order chi connectivity index (χ0) is 15.7. The number of methoxy groups -OCH3 is 2. The second-order valence-electron chi connectivity index (χ2n) is 5.36. The highest BCUT2D eigenvalue weighted by atomic mass is 16.5. The Morgan fingerprint density at radius 3 is 2.55 bits per heavy atom. The molecular formula is C18H19NO3. The fourth-order valence-corrected chi connectivity index (χ4v) is 2.91. The molecule has 0 saturated heterocycles. The minimum atomic E-state index is -0.0555. The van der Waals surface area contributed by atoms with E-state index in [-0.39, 0.29) is 5.91 Å². The molecule has 3 rings (SSSR count). The zero-order valence-electron chi connectivity index (χ0n) is 13.1. The minimum Gasteiger partial charge on any atom is -0.496 e. The van der Waals surface area contributed by atoms with E-state index in [0.29, 0.717) is 23.6 Å². The van der Waals surface area contributed by atoms with E-state index in [1.165, 1.54) is 5.56 Å². The summed E-state index contributed by atoms with van der Waals surface area (Å²) in [5.41, 5.74) is 3.65. The number of benzene rings is 2. The van der Waals surface area contributed by atoms with Crippen LogP contribution in [0.1, 0.15) is 21.5 Å². The minimum absolute atomic E-state index is 0.0555. The molecule has 0 fully saturated rings. The van der Waals surface area contributed by atoms with Gasteiger partial charge in [0.25, 0.3) is 5.91 Å². The molecule has 0 unspecified atom stereocenters. The maximum Gasteiger partial charge on any atom is 0.262 e. The highest BCUT2D eigenvalue weighted by Crippen LogP contribution is 2.33. The van der Waals surface area contributed by atoms with Crippen molar-refractivity contribution in [3.8, 4) is 11.5 Å². The molecule has 2 aromatic rings. The lowest BCUT2D eigenvalue weighted by atomic mass is 10.1. The van der Waals surface area contributed by atoms with E-state index in [2.05, 4.69) is 6.07 Å². The van der Waals surface area contributed by atoms with Crippen molar-refractivity contribution in [2.45, 2.75) is 13.3 Å². The van der Waals surface area contributed by atoms with Gasteiger partial charge in [-0.2, -0.15) is 0 Å². The number of hydrogen-bond acceptors (Lipinski definition) is 3. The van der Waals surface area contributed by atoms with Crippen molar-refractivity contribution in [2.24, 2.45) is 0 Å². The first-order chi connectivity index (χ1) is 10.7. The topological polar surface area (TPSA) is 38.8 Å². The van der Waals surface area contributed by atoms with E-state index >= 15 is 0 Å². The lowest BCUT2D eigenvalue weighted by molar-refractivity contribution is 0.0986. The molecule has 1 aliphatic rings. The van der Waals surface area contributed by atoms with Crippen LogP contribution < -0.4 is 14.4 Å². The molecule has 1 amide bonds. The summed E-state index contributed by atoms with van der Waals surface area (Å²) in [5.74, 6) is 1.21. The van der Waals surface area contributed by atoms with E-state index in [1.807, 2.05) is 36.1 Å². The summed E-state index contributed by atoms with van der Waals surface area (Å²) >= 11 is 0. The van der Waals surface area contributed by atoms with Gasteiger partial charge in [-0.25, -0.2) is 0 Å². The molecule has 0 bridgehead atoms. The maximum absolute atomic E-state index is 13.0. The predicted molar refractivity (Wildman–Crippen MR) is 86.1 cm³/mol. The molecule has 22 heavy (non-hydrogen) atoms. The van der Waals surface area contributed by atoms with Gasteiger partial charge in [0.2, 0.25) is 0 Å². The number of hydrogen-bond donors (Lipinski definition) is 0. The van der Waals surface area contributed by atoms with Gasteiger partial charge in [-0.05, 0) is 42.7 Å². The Labute approximate surface area is 130 Å². The van der Waals surface area contributed by atoms with Crippen molar-refractivity contribution >= 4 is 11.6 Å². The van der Waals surface area contributed by atoms with Crippen molar-refractivity contribution in [2.75, 3.05) is 25.7 Å². The second-order valence-corrected chi connectivity index (χ2v) is 5.36. The summed E-state index contributed by atoms with van der Waals surface area (Å²) in [5, 5.41) is 0. The van der Waals surface area contributed by atoms with E-state index < -0.39 is 0 Å². The second kappa shape index (κ2) is 5.72. The van der Waals surface area contributed by atoms with Crippen molar-refractivity contribution in [3.05, 3.63) is 53.1 Å². The first-order valence-electron chi connectivity index (χ1n) is 7.28. The molecule has 0 radical (unpaired) electrons. The molecule has 4 heteroatoms. The number of rotatable bonds is 3. The molecule has 0 atom stereocenters. The van der Waals surface area contributed by atoms with Gasteiger partial charge < -0.3 is 14.4 Å². The number of nitrogens with zero attached hydrogens (tertiary/aromatic N) is 1. The van der Waals surface area contributed by atoms with Gasteiger partial charge >= 0.3 is 0 Å². The standard InChI is InChI=1S/C18H19NO3/c1-12-10-17(22-3)14(11-16(12)21-2)18(20)19-9-8-13-6-4-5-7-15(13)19/h4-7,10-11H,8-9H2,1-3H3. The highest BCUT2D eigenvalue weighted by molar-refractivity contribution is 6.09. The quantitative estimate of drug-likeness (QED) is 0.873. The summed E-state index contributed by atoms with van der Waals surface area (Å²) in [6, 6.07) is 11.6. The normalized spacial score (nSPS) is 13.0. The van der Waals surface area contributed by atoms with Gasteiger partial charge in [0.15, 0.2) is 0 Å². The van der Waals surface area contributed by atoms with Crippen LogP contribution in [-0.2, 0) is 6.42 Å². The number of amides is 1. The number of aryl methyl sites for hydroxylation is 1. The molecule has 1 aliphatic heterocycles. The summed E-state index contributed by atoms with van der Waals surface area (Å²) in [4.78, 5) is 14.8. The Bertz CT molecular complexity index is 724. The third-order valence-electron chi connectivity index (χ3n) is 4.08. The Morgan fingerprint density at radius 1 is 1.09 bits per heavy atom. The van der Waals surface area contributed by atoms with Crippen LogP contribution >= 0.6 is 0 Å². The van der Waals surface area contributed by atoms with Crippen LogP contribution in [0.15, 0.2) is 36.4 Å². The summed E-state index contributed by atoms with van der Waals surface area (Å²) < 4.78 is 10.7. The summed E-state index contributed by atoms with van der Waals surface area (Å²) in [6.07, 6.45) is 0.882. The van der Waals surface area contributed by atoms with E-state index in [4.69, 9.17) is 9.47 Å². The van der Waals surface area contributed by atoms with Crippen LogP contribution in [0.2, 0.25) is 0 Å². The van der Waals surface area contributed by atoms with Gasteiger partial charge in [-0.15, -0.1) is 0 Å². The Kier molecular flexibility index (Phi) is 3.75. The van der Waals surface area contributed by atoms with E-state index in [9.17, 15) is 4.79 Å². The van der Waals surface area contributed by atoms with Crippen LogP contribution in [0.25, 0.3) is 0 Å². The van der Waals surface area contributed by atoms with Gasteiger partial charge in [0.1, 0.15) is 11.5 Å². The first kappa shape index (κ1) is 14.4. The number of fused-ring (bicyclic) bond motifs is 1. The lowest BCUT2D eigenvalue weighted by Gasteiger charge is -2.20.